The van der Waals surface area contributed by atoms with E-state index in [-0.39, 0.29) is 6.10 Å². The van der Waals surface area contributed by atoms with Crippen molar-refractivity contribution in [3.63, 3.8) is 0 Å². The molecule has 2 aromatic rings. The van der Waals surface area contributed by atoms with Crippen LogP contribution in [0.25, 0.3) is 11.0 Å². The van der Waals surface area contributed by atoms with Crippen molar-refractivity contribution in [1.29, 1.82) is 0 Å². The molecule has 1 aromatic heterocycles. The van der Waals surface area contributed by atoms with Gasteiger partial charge in [-0.3, -0.25) is 0 Å². The molecule has 0 spiro atoms. The Morgan fingerprint density at radius 2 is 2.00 bits per heavy atom. The molecule has 130 valence electrons. The van der Waals surface area contributed by atoms with Crippen LogP contribution in [0.4, 0.5) is 0 Å². The third-order valence-electron chi connectivity index (χ3n) is 5.43. The molecule has 1 unspecified atom stereocenters. The molecule has 0 saturated carbocycles. The van der Waals surface area contributed by atoms with E-state index in [1.807, 2.05) is 0 Å². The fourth-order valence-electron chi connectivity index (χ4n) is 3.97. The summed E-state index contributed by atoms with van der Waals surface area (Å²) in [5.74, 6) is 1.83. The van der Waals surface area contributed by atoms with Crippen LogP contribution in [0.5, 0.6) is 0 Å². The molecule has 0 bridgehead atoms. The largest absolute Gasteiger partial charge is 0.376 e. The maximum Gasteiger partial charge on any atom is 0.112 e. The number of para-hydroxylation sites is 2. The Hall–Kier alpha value is -1.43. The maximum atomic E-state index is 5.74. The number of fused-ring (bicyclic) bond motifs is 1. The SMILES string of the molecule is Cn1c(C2CCN(CCC3COCCO3)CC2)nc2ccccc21. The van der Waals surface area contributed by atoms with E-state index in [2.05, 4.69) is 40.8 Å². The van der Waals surface area contributed by atoms with E-state index in [9.17, 15) is 0 Å². The Kier molecular flexibility index (Phi) is 4.83. The molecule has 5 heteroatoms. The van der Waals surface area contributed by atoms with Crippen molar-refractivity contribution < 1.29 is 9.47 Å². The first kappa shape index (κ1) is 16.1. The van der Waals surface area contributed by atoms with Gasteiger partial charge in [0.05, 0.1) is 37.0 Å². The van der Waals surface area contributed by atoms with Crippen molar-refractivity contribution in [1.82, 2.24) is 14.5 Å². The predicted molar refractivity (Wildman–Crippen MR) is 94.3 cm³/mol. The van der Waals surface area contributed by atoms with Gasteiger partial charge < -0.3 is 18.9 Å². The Morgan fingerprint density at radius 3 is 2.75 bits per heavy atom. The minimum atomic E-state index is 0.288. The first-order chi connectivity index (χ1) is 11.8. The second kappa shape index (κ2) is 7.21. The monoisotopic (exact) mass is 329 g/mol. The molecule has 2 aliphatic rings. The molecular weight excluding hydrogens is 302 g/mol. The number of piperidine rings is 1. The van der Waals surface area contributed by atoms with Crippen LogP contribution in [0, 0.1) is 0 Å². The maximum absolute atomic E-state index is 5.74. The highest BCUT2D eigenvalue weighted by atomic mass is 16.6. The van der Waals surface area contributed by atoms with E-state index in [0.717, 1.165) is 51.4 Å². The van der Waals surface area contributed by atoms with Crippen LogP contribution in [0.3, 0.4) is 0 Å². The second-order valence-electron chi connectivity index (χ2n) is 6.99. The number of hydrogen-bond donors (Lipinski definition) is 0. The Balaban J connectivity index is 1.32. The molecule has 5 nitrogen and oxygen atoms in total. The molecule has 24 heavy (non-hydrogen) atoms. The first-order valence-corrected chi connectivity index (χ1v) is 9.14. The van der Waals surface area contributed by atoms with Crippen molar-refractivity contribution >= 4 is 11.0 Å². The molecule has 0 aliphatic carbocycles. The van der Waals surface area contributed by atoms with E-state index in [1.165, 1.54) is 24.2 Å². The Morgan fingerprint density at radius 1 is 1.17 bits per heavy atom. The molecule has 2 fully saturated rings. The molecule has 3 heterocycles. The summed E-state index contributed by atoms with van der Waals surface area (Å²) in [6, 6.07) is 8.43. The normalized spacial score (nSPS) is 23.8. The Labute approximate surface area is 143 Å². The van der Waals surface area contributed by atoms with E-state index in [4.69, 9.17) is 14.5 Å². The average Bonchev–Trinajstić information content (AvgIpc) is 2.98. The number of imidazole rings is 1. The van der Waals surface area contributed by atoms with Gasteiger partial charge in [0.2, 0.25) is 0 Å². The van der Waals surface area contributed by atoms with E-state index >= 15 is 0 Å². The smallest absolute Gasteiger partial charge is 0.112 e. The average molecular weight is 329 g/mol. The van der Waals surface area contributed by atoms with Gasteiger partial charge in [0.25, 0.3) is 0 Å². The fourth-order valence-corrected chi connectivity index (χ4v) is 3.97. The van der Waals surface area contributed by atoms with Gasteiger partial charge in [0.15, 0.2) is 0 Å². The number of nitrogens with zero attached hydrogens (tertiary/aromatic N) is 3. The summed E-state index contributed by atoms with van der Waals surface area (Å²) in [7, 11) is 2.15. The lowest BCUT2D eigenvalue weighted by Gasteiger charge is -2.33. The van der Waals surface area contributed by atoms with Crippen molar-refractivity contribution in [2.45, 2.75) is 31.3 Å². The Bertz CT molecular complexity index is 670. The molecule has 0 radical (unpaired) electrons. The third-order valence-corrected chi connectivity index (χ3v) is 5.43. The van der Waals surface area contributed by atoms with Crippen molar-refractivity contribution in [2.24, 2.45) is 7.05 Å². The number of aryl methyl sites for hydroxylation is 1. The summed E-state index contributed by atoms with van der Waals surface area (Å²) in [4.78, 5) is 7.45. The summed E-state index contributed by atoms with van der Waals surface area (Å²) in [5, 5.41) is 0. The van der Waals surface area contributed by atoms with E-state index in [0.29, 0.717) is 5.92 Å². The minimum Gasteiger partial charge on any atom is -0.376 e. The van der Waals surface area contributed by atoms with E-state index in [1.54, 1.807) is 0 Å². The number of aromatic nitrogens is 2. The minimum absolute atomic E-state index is 0.288. The van der Waals surface area contributed by atoms with Gasteiger partial charge in [-0.15, -0.1) is 0 Å². The second-order valence-corrected chi connectivity index (χ2v) is 6.99. The lowest BCUT2D eigenvalue weighted by Crippen LogP contribution is -2.37. The quantitative estimate of drug-likeness (QED) is 0.864. The van der Waals surface area contributed by atoms with Crippen molar-refractivity contribution in [2.75, 3.05) is 39.5 Å². The van der Waals surface area contributed by atoms with Gasteiger partial charge >= 0.3 is 0 Å². The summed E-state index contributed by atoms with van der Waals surface area (Å²) >= 11 is 0. The molecule has 0 amide bonds. The highest BCUT2D eigenvalue weighted by Gasteiger charge is 2.25. The number of likely N-dealkylation sites (tertiary alicyclic amines) is 1. The first-order valence-electron chi connectivity index (χ1n) is 9.14. The number of benzene rings is 1. The zero-order valence-electron chi connectivity index (χ0n) is 14.5. The van der Waals surface area contributed by atoms with Gasteiger partial charge in [-0.05, 0) is 44.5 Å². The van der Waals surface area contributed by atoms with Crippen LogP contribution in [0.2, 0.25) is 0 Å². The van der Waals surface area contributed by atoms with Crippen molar-refractivity contribution in [3.8, 4) is 0 Å². The van der Waals surface area contributed by atoms with Crippen molar-refractivity contribution in [3.05, 3.63) is 30.1 Å². The fraction of sp³-hybridized carbons (Fsp3) is 0.632. The van der Waals surface area contributed by atoms with Gasteiger partial charge in [0.1, 0.15) is 5.82 Å². The van der Waals surface area contributed by atoms with Crippen LogP contribution < -0.4 is 0 Å². The summed E-state index contributed by atoms with van der Waals surface area (Å²) < 4.78 is 13.5. The summed E-state index contributed by atoms with van der Waals surface area (Å²) in [5.41, 5.74) is 2.36. The number of ether oxygens (including phenoxy) is 2. The number of hydrogen-bond acceptors (Lipinski definition) is 4. The number of rotatable bonds is 4. The van der Waals surface area contributed by atoms with E-state index < -0.39 is 0 Å². The molecule has 4 rings (SSSR count). The molecule has 1 aromatic carbocycles. The summed E-state index contributed by atoms with van der Waals surface area (Å²) in [6.45, 7) is 5.68. The lowest BCUT2D eigenvalue weighted by molar-refractivity contribution is -0.0930. The van der Waals surface area contributed by atoms with Crippen LogP contribution in [-0.4, -0.2) is 60.0 Å². The summed E-state index contributed by atoms with van der Waals surface area (Å²) in [6.07, 6.45) is 3.76. The highest BCUT2D eigenvalue weighted by molar-refractivity contribution is 5.75. The topological polar surface area (TPSA) is 39.5 Å². The third kappa shape index (κ3) is 3.34. The van der Waals surface area contributed by atoms with Gasteiger partial charge in [-0.25, -0.2) is 4.98 Å². The predicted octanol–water partition coefficient (Wildman–Crippen LogP) is 2.56. The van der Waals surface area contributed by atoms with Crippen LogP contribution in [0.15, 0.2) is 24.3 Å². The van der Waals surface area contributed by atoms with Crippen LogP contribution >= 0.6 is 0 Å². The molecule has 2 saturated heterocycles. The van der Waals surface area contributed by atoms with Crippen LogP contribution in [0.1, 0.15) is 31.0 Å². The molecular formula is C19H27N3O2. The van der Waals surface area contributed by atoms with Crippen LogP contribution in [-0.2, 0) is 16.5 Å². The van der Waals surface area contributed by atoms with Gasteiger partial charge in [0, 0.05) is 19.5 Å². The molecule has 0 N–H and O–H groups in total. The molecule has 1 atom stereocenters. The lowest BCUT2D eigenvalue weighted by atomic mass is 9.95. The highest BCUT2D eigenvalue weighted by Crippen LogP contribution is 2.29. The van der Waals surface area contributed by atoms with Gasteiger partial charge in [-0.1, -0.05) is 12.1 Å². The standard InChI is InChI=1S/C19H27N3O2/c1-21-18-5-3-2-4-17(18)20-19(21)15-6-9-22(10-7-15)11-8-16-14-23-12-13-24-16/h2-5,15-16H,6-14H2,1H3. The molecule has 2 aliphatic heterocycles. The van der Waals surface area contributed by atoms with Gasteiger partial charge in [-0.2, -0.15) is 0 Å². The zero-order valence-corrected chi connectivity index (χ0v) is 14.5. The zero-order chi connectivity index (χ0) is 16.4.